The van der Waals surface area contributed by atoms with Crippen LogP contribution in [0, 0.1) is 6.92 Å². The highest BCUT2D eigenvalue weighted by molar-refractivity contribution is 7.25. The van der Waals surface area contributed by atoms with Gasteiger partial charge in [0.05, 0.1) is 8.07 Å². The van der Waals surface area contributed by atoms with Crippen LogP contribution >= 0.6 is 11.3 Å². The molecule has 2 heteroatoms. The highest BCUT2D eigenvalue weighted by Crippen LogP contribution is 2.11. The van der Waals surface area contributed by atoms with Gasteiger partial charge in [0, 0.05) is 0 Å². The first-order valence-electron chi connectivity index (χ1n) is 3.56. The van der Waals surface area contributed by atoms with E-state index in [9.17, 15) is 0 Å². The van der Waals surface area contributed by atoms with E-state index in [1.807, 2.05) is 11.3 Å². The van der Waals surface area contributed by atoms with Crippen molar-refractivity contribution in [2.24, 2.45) is 0 Å². The summed E-state index contributed by atoms with van der Waals surface area (Å²) in [5.74, 6) is 0. The Morgan fingerprint density at radius 1 is 1.30 bits per heavy atom. The van der Waals surface area contributed by atoms with E-state index in [1.165, 1.54) is 5.56 Å². The van der Waals surface area contributed by atoms with Gasteiger partial charge in [-0.05, 0) is 28.4 Å². The van der Waals surface area contributed by atoms with Crippen molar-refractivity contribution in [1.29, 1.82) is 0 Å². The topological polar surface area (TPSA) is 0 Å². The quantitative estimate of drug-likeness (QED) is 0.568. The molecule has 0 spiro atoms. The van der Waals surface area contributed by atoms with Gasteiger partial charge >= 0.3 is 0 Å². The third kappa shape index (κ3) is 1.50. The first-order valence-corrected chi connectivity index (χ1v) is 7.94. The molecule has 0 bridgehead atoms. The summed E-state index contributed by atoms with van der Waals surface area (Å²) in [7, 11) is -1.01. The molecule has 0 aliphatic heterocycles. The highest BCUT2D eigenvalue weighted by atomic mass is 32.1. The Labute approximate surface area is 67.9 Å². The lowest BCUT2D eigenvalue weighted by molar-refractivity contribution is 1.56. The van der Waals surface area contributed by atoms with Crippen LogP contribution in [0.1, 0.15) is 5.56 Å². The predicted molar refractivity (Wildman–Crippen MR) is 52.0 cm³/mol. The first-order chi connectivity index (χ1) is 4.52. The van der Waals surface area contributed by atoms with Crippen molar-refractivity contribution in [3.8, 4) is 0 Å². The van der Waals surface area contributed by atoms with Gasteiger partial charge in [0.15, 0.2) is 0 Å². The van der Waals surface area contributed by atoms with Gasteiger partial charge in [0.1, 0.15) is 0 Å². The first kappa shape index (κ1) is 8.02. The van der Waals surface area contributed by atoms with Crippen LogP contribution in [-0.4, -0.2) is 8.07 Å². The van der Waals surface area contributed by atoms with Crippen LogP contribution in [0.4, 0.5) is 0 Å². The van der Waals surface area contributed by atoms with Crippen molar-refractivity contribution in [3.63, 3.8) is 0 Å². The summed E-state index contributed by atoms with van der Waals surface area (Å²) in [6, 6.07) is 2.22. The fourth-order valence-electron chi connectivity index (χ4n) is 1.14. The monoisotopic (exact) mass is 170 g/mol. The van der Waals surface area contributed by atoms with Gasteiger partial charge in [-0.1, -0.05) is 19.6 Å². The molecule has 1 rings (SSSR count). The van der Waals surface area contributed by atoms with E-state index < -0.39 is 8.07 Å². The summed E-state index contributed by atoms with van der Waals surface area (Å²) in [4.78, 5) is 0. The minimum absolute atomic E-state index is 1.01. The largest absolute Gasteiger partial charge is 0.153 e. The van der Waals surface area contributed by atoms with E-state index in [0.717, 1.165) is 0 Å². The van der Waals surface area contributed by atoms with Crippen LogP contribution in [0.3, 0.4) is 0 Å². The Balaban J connectivity index is 3.05. The molecule has 0 amide bonds. The third-order valence-corrected chi connectivity index (χ3v) is 6.32. The second-order valence-electron chi connectivity index (χ2n) is 3.68. The third-order valence-electron chi connectivity index (χ3n) is 1.54. The lowest BCUT2D eigenvalue weighted by Gasteiger charge is -2.14. The average molecular weight is 170 g/mol. The van der Waals surface area contributed by atoms with Crippen molar-refractivity contribution in [3.05, 3.63) is 17.0 Å². The molecular weight excluding hydrogens is 156 g/mol. The van der Waals surface area contributed by atoms with Gasteiger partial charge in [-0.25, -0.2) is 0 Å². The SMILES string of the molecule is Cc1ccsc1[Si](C)(C)C. The van der Waals surface area contributed by atoms with Crippen molar-refractivity contribution in [2.45, 2.75) is 26.6 Å². The van der Waals surface area contributed by atoms with Gasteiger partial charge < -0.3 is 0 Å². The number of hydrogen-bond donors (Lipinski definition) is 0. The molecule has 0 unspecified atom stereocenters. The maximum absolute atomic E-state index is 2.39. The molecule has 0 saturated heterocycles. The summed E-state index contributed by atoms with van der Waals surface area (Å²) in [5, 5.41) is 2.20. The van der Waals surface area contributed by atoms with Crippen LogP contribution in [0.25, 0.3) is 0 Å². The zero-order valence-electron chi connectivity index (χ0n) is 7.06. The molecule has 1 aromatic heterocycles. The van der Waals surface area contributed by atoms with Gasteiger partial charge in [-0.2, -0.15) is 11.3 Å². The van der Waals surface area contributed by atoms with Crippen molar-refractivity contribution in [1.82, 2.24) is 0 Å². The number of aryl methyl sites for hydroxylation is 1. The molecule has 0 fully saturated rings. The molecule has 0 saturated carbocycles. The van der Waals surface area contributed by atoms with Crippen LogP contribution in [0.2, 0.25) is 19.6 Å². The standard InChI is InChI=1S/C8H14SSi/c1-7-5-6-9-8(7)10(2,3)4/h5-6H,1-4H3. The van der Waals surface area contributed by atoms with E-state index in [1.54, 1.807) is 4.50 Å². The summed E-state index contributed by atoms with van der Waals surface area (Å²) >= 11 is 1.92. The molecule has 1 heterocycles. The van der Waals surface area contributed by atoms with Gasteiger partial charge in [-0.15, -0.1) is 0 Å². The lowest BCUT2D eigenvalue weighted by Crippen LogP contribution is -2.36. The van der Waals surface area contributed by atoms with Crippen molar-refractivity contribution in [2.75, 3.05) is 0 Å². The summed E-state index contributed by atoms with van der Waals surface area (Å²) in [6.07, 6.45) is 0. The molecule has 0 aliphatic rings. The lowest BCUT2D eigenvalue weighted by atomic mass is 10.4. The number of rotatable bonds is 1. The molecule has 0 atom stereocenters. The zero-order chi connectivity index (χ0) is 7.78. The summed E-state index contributed by atoms with van der Waals surface area (Å²) < 4.78 is 1.65. The Kier molecular flexibility index (Phi) is 2.01. The van der Waals surface area contributed by atoms with Gasteiger partial charge in [0.25, 0.3) is 0 Å². The molecule has 0 radical (unpaired) electrons. The molecule has 0 aromatic carbocycles. The summed E-state index contributed by atoms with van der Waals surface area (Å²) in [6.45, 7) is 9.40. The zero-order valence-corrected chi connectivity index (χ0v) is 8.88. The van der Waals surface area contributed by atoms with Crippen LogP contribution in [0.5, 0.6) is 0 Å². The van der Waals surface area contributed by atoms with E-state index in [4.69, 9.17) is 0 Å². The van der Waals surface area contributed by atoms with Crippen molar-refractivity contribution < 1.29 is 0 Å². The normalized spacial score (nSPS) is 12.0. The Bertz CT molecular complexity index is 219. The molecule has 10 heavy (non-hydrogen) atoms. The minimum atomic E-state index is -1.01. The fourth-order valence-corrected chi connectivity index (χ4v) is 4.69. The second-order valence-corrected chi connectivity index (χ2v) is 9.96. The fraction of sp³-hybridized carbons (Fsp3) is 0.500. The average Bonchev–Trinajstić information content (AvgIpc) is 2.11. The molecule has 0 N–H and O–H groups in total. The maximum Gasteiger partial charge on any atom is 0.0907 e. The van der Waals surface area contributed by atoms with E-state index in [2.05, 4.69) is 38.0 Å². The van der Waals surface area contributed by atoms with E-state index in [0.29, 0.717) is 0 Å². The predicted octanol–water partition coefficient (Wildman–Crippen LogP) is 2.60. The smallest absolute Gasteiger partial charge is 0.0907 e. The highest BCUT2D eigenvalue weighted by Gasteiger charge is 2.19. The van der Waals surface area contributed by atoms with E-state index in [-0.39, 0.29) is 0 Å². The molecule has 0 aliphatic carbocycles. The molecule has 1 aromatic rings. The second kappa shape index (κ2) is 2.51. The maximum atomic E-state index is 2.39. The van der Waals surface area contributed by atoms with E-state index >= 15 is 0 Å². The Morgan fingerprint density at radius 2 is 1.90 bits per heavy atom. The van der Waals surface area contributed by atoms with Crippen LogP contribution in [0.15, 0.2) is 11.4 Å². The number of hydrogen-bond acceptors (Lipinski definition) is 1. The van der Waals surface area contributed by atoms with Crippen molar-refractivity contribution >= 4 is 23.9 Å². The van der Waals surface area contributed by atoms with Gasteiger partial charge in [0.2, 0.25) is 0 Å². The Morgan fingerprint density at radius 3 is 2.10 bits per heavy atom. The van der Waals surface area contributed by atoms with Crippen LogP contribution < -0.4 is 4.50 Å². The van der Waals surface area contributed by atoms with Crippen LogP contribution in [-0.2, 0) is 0 Å². The molecular formula is C8H14SSi. The summed E-state index contributed by atoms with van der Waals surface area (Å²) in [5.41, 5.74) is 1.49. The van der Waals surface area contributed by atoms with Gasteiger partial charge in [-0.3, -0.25) is 0 Å². The number of thiophene rings is 1. The Hall–Kier alpha value is -0.0831. The minimum Gasteiger partial charge on any atom is -0.153 e. The molecule has 0 nitrogen and oxygen atoms in total. The molecule has 56 valence electrons.